The Labute approximate surface area is 121 Å². The minimum absolute atomic E-state index is 0.189. The SMILES string of the molecule is Cn1cc(Br)c2cc(C(=O)Nc3cn[nH]c3)[nH]c2c1=O. The number of hydrogen-bond donors (Lipinski definition) is 3. The van der Waals surface area contributed by atoms with Gasteiger partial charge in [0.1, 0.15) is 11.2 Å². The predicted molar refractivity (Wildman–Crippen MR) is 77.8 cm³/mol. The second kappa shape index (κ2) is 4.64. The number of amides is 1. The zero-order chi connectivity index (χ0) is 14.3. The Kier molecular flexibility index (Phi) is 2.94. The first kappa shape index (κ1) is 12.7. The Hall–Kier alpha value is -2.35. The van der Waals surface area contributed by atoms with E-state index in [1.54, 1.807) is 25.5 Å². The maximum Gasteiger partial charge on any atom is 0.274 e. The number of aryl methyl sites for hydroxylation is 1. The van der Waals surface area contributed by atoms with E-state index in [2.05, 4.69) is 36.4 Å². The van der Waals surface area contributed by atoms with Crippen LogP contribution >= 0.6 is 15.9 Å². The van der Waals surface area contributed by atoms with Crippen molar-refractivity contribution < 1.29 is 4.79 Å². The molecule has 0 aliphatic heterocycles. The number of halogens is 1. The number of anilines is 1. The molecule has 1 amide bonds. The van der Waals surface area contributed by atoms with Crippen molar-refractivity contribution in [3.63, 3.8) is 0 Å². The van der Waals surface area contributed by atoms with E-state index in [0.717, 1.165) is 4.47 Å². The van der Waals surface area contributed by atoms with E-state index < -0.39 is 0 Å². The highest BCUT2D eigenvalue weighted by Crippen LogP contribution is 2.22. The van der Waals surface area contributed by atoms with Crippen LogP contribution in [0.4, 0.5) is 5.69 Å². The molecule has 3 aromatic heterocycles. The van der Waals surface area contributed by atoms with E-state index in [9.17, 15) is 9.59 Å². The lowest BCUT2D eigenvalue weighted by molar-refractivity contribution is 0.102. The van der Waals surface area contributed by atoms with Crippen molar-refractivity contribution in [2.45, 2.75) is 0 Å². The maximum atomic E-state index is 12.1. The molecule has 3 aromatic rings. The number of pyridine rings is 1. The van der Waals surface area contributed by atoms with Gasteiger partial charge in [0, 0.05) is 29.3 Å². The van der Waals surface area contributed by atoms with Crippen molar-refractivity contribution in [2.75, 3.05) is 5.32 Å². The number of nitrogens with one attached hydrogen (secondary N) is 3. The minimum atomic E-state index is -0.337. The summed E-state index contributed by atoms with van der Waals surface area (Å²) < 4.78 is 2.19. The van der Waals surface area contributed by atoms with Gasteiger partial charge in [-0.15, -0.1) is 0 Å². The smallest absolute Gasteiger partial charge is 0.274 e. The number of aromatic amines is 2. The van der Waals surface area contributed by atoms with Crippen LogP contribution in [-0.2, 0) is 7.05 Å². The fourth-order valence-corrected chi connectivity index (χ4v) is 2.55. The van der Waals surface area contributed by atoms with Crippen LogP contribution in [0.25, 0.3) is 10.9 Å². The highest BCUT2D eigenvalue weighted by Gasteiger charge is 2.14. The van der Waals surface area contributed by atoms with E-state index in [-0.39, 0.29) is 11.5 Å². The molecule has 0 atom stereocenters. The summed E-state index contributed by atoms with van der Waals surface area (Å²) in [6.45, 7) is 0. The monoisotopic (exact) mass is 335 g/mol. The molecule has 102 valence electrons. The summed E-state index contributed by atoms with van der Waals surface area (Å²) in [6.07, 6.45) is 4.72. The Balaban J connectivity index is 2.05. The van der Waals surface area contributed by atoms with E-state index in [0.29, 0.717) is 22.3 Å². The number of fused-ring (bicyclic) bond motifs is 1. The molecule has 0 aromatic carbocycles. The van der Waals surface area contributed by atoms with Crippen LogP contribution in [0, 0.1) is 0 Å². The standard InChI is InChI=1S/C12H10BrN5O2/c1-18-5-8(13)7-2-9(17-10(7)12(18)20)11(19)16-6-3-14-15-4-6/h2-5,17H,1H3,(H,14,15)(H,16,19). The predicted octanol–water partition coefficient (Wildman–Crippen LogP) is 1.60. The Morgan fingerprint density at radius 2 is 2.30 bits per heavy atom. The molecule has 0 bridgehead atoms. The van der Waals surface area contributed by atoms with Gasteiger partial charge in [0.25, 0.3) is 11.5 Å². The molecule has 0 radical (unpaired) electrons. The fraction of sp³-hybridized carbons (Fsp3) is 0.0833. The summed E-state index contributed by atoms with van der Waals surface area (Å²) in [5.74, 6) is -0.337. The van der Waals surface area contributed by atoms with Crippen LogP contribution in [0.5, 0.6) is 0 Å². The Morgan fingerprint density at radius 1 is 1.50 bits per heavy atom. The number of aromatic nitrogens is 4. The molecule has 20 heavy (non-hydrogen) atoms. The quantitative estimate of drug-likeness (QED) is 0.663. The largest absolute Gasteiger partial charge is 0.346 e. The maximum absolute atomic E-state index is 12.1. The lowest BCUT2D eigenvalue weighted by Crippen LogP contribution is -2.16. The van der Waals surface area contributed by atoms with Crippen LogP contribution in [0.3, 0.4) is 0 Å². The molecular formula is C12H10BrN5O2. The summed E-state index contributed by atoms with van der Waals surface area (Å²) in [5, 5.41) is 9.68. The molecule has 0 aliphatic rings. The van der Waals surface area contributed by atoms with Crippen LogP contribution in [0.1, 0.15) is 10.5 Å². The number of rotatable bonds is 2. The third-order valence-electron chi connectivity index (χ3n) is 2.92. The zero-order valence-electron chi connectivity index (χ0n) is 10.4. The minimum Gasteiger partial charge on any atom is -0.346 e. The summed E-state index contributed by atoms with van der Waals surface area (Å²) in [5.41, 5.74) is 1.07. The average Bonchev–Trinajstić information content (AvgIpc) is 3.04. The van der Waals surface area contributed by atoms with Crippen LogP contribution in [0.2, 0.25) is 0 Å². The van der Waals surface area contributed by atoms with Crippen molar-refractivity contribution in [2.24, 2.45) is 7.05 Å². The van der Waals surface area contributed by atoms with Gasteiger partial charge in [0.05, 0.1) is 11.9 Å². The van der Waals surface area contributed by atoms with Crippen molar-refractivity contribution in [3.8, 4) is 0 Å². The highest BCUT2D eigenvalue weighted by atomic mass is 79.9. The third kappa shape index (κ3) is 2.03. The first-order chi connectivity index (χ1) is 9.56. The molecule has 0 saturated heterocycles. The number of hydrogen-bond acceptors (Lipinski definition) is 3. The molecule has 3 rings (SSSR count). The van der Waals surface area contributed by atoms with Crippen molar-refractivity contribution in [3.05, 3.63) is 45.2 Å². The van der Waals surface area contributed by atoms with E-state index >= 15 is 0 Å². The second-order valence-corrected chi connectivity index (χ2v) is 5.16. The second-order valence-electron chi connectivity index (χ2n) is 4.31. The topological polar surface area (TPSA) is 95.6 Å². The highest BCUT2D eigenvalue weighted by molar-refractivity contribution is 9.10. The first-order valence-electron chi connectivity index (χ1n) is 5.74. The molecule has 0 saturated carbocycles. The van der Waals surface area contributed by atoms with Crippen molar-refractivity contribution >= 4 is 38.4 Å². The summed E-state index contributed by atoms with van der Waals surface area (Å²) in [6, 6.07) is 1.64. The molecular weight excluding hydrogens is 326 g/mol. The number of nitrogens with zero attached hydrogens (tertiary/aromatic N) is 2. The van der Waals surface area contributed by atoms with Crippen LogP contribution in [0.15, 0.2) is 33.9 Å². The molecule has 0 aliphatic carbocycles. The first-order valence-corrected chi connectivity index (χ1v) is 6.53. The average molecular weight is 336 g/mol. The third-order valence-corrected chi connectivity index (χ3v) is 3.55. The van der Waals surface area contributed by atoms with Gasteiger partial charge in [-0.05, 0) is 22.0 Å². The Bertz CT molecular complexity index is 847. The lowest BCUT2D eigenvalue weighted by Gasteiger charge is -1.99. The van der Waals surface area contributed by atoms with E-state index in [4.69, 9.17) is 0 Å². The van der Waals surface area contributed by atoms with E-state index in [1.807, 2.05) is 0 Å². The summed E-state index contributed by atoms with van der Waals surface area (Å²) in [7, 11) is 1.65. The van der Waals surface area contributed by atoms with Gasteiger partial charge >= 0.3 is 0 Å². The van der Waals surface area contributed by atoms with Gasteiger partial charge in [-0.2, -0.15) is 5.10 Å². The molecule has 0 unspecified atom stereocenters. The molecule has 3 heterocycles. The number of H-pyrrole nitrogens is 2. The van der Waals surface area contributed by atoms with Gasteiger partial charge in [-0.25, -0.2) is 0 Å². The van der Waals surface area contributed by atoms with E-state index in [1.165, 1.54) is 10.8 Å². The van der Waals surface area contributed by atoms with Gasteiger partial charge in [0.2, 0.25) is 0 Å². The van der Waals surface area contributed by atoms with Crippen molar-refractivity contribution in [1.82, 2.24) is 19.7 Å². The van der Waals surface area contributed by atoms with Crippen LogP contribution in [-0.4, -0.2) is 25.7 Å². The molecule has 8 heteroatoms. The number of carbonyl (C=O) groups is 1. The molecule has 0 fully saturated rings. The van der Waals surface area contributed by atoms with Gasteiger partial charge in [-0.1, -0.05) is 0 Å². The number of carbonyl (C=O) groups excluding carboxylic acids is 1. The van der Waals surface area contributed by atoms with Crippen LogP contribution < -0.4 is 10.9 Å². The van der Waals surface area contributed by atoms with Crippen molar-refractivity contribution in [1.29, 1.82) is 0 Å². The summed E-state index contributed by atoms with van der Waals surface area (Å²) in [4.78, 5) is 26.9. The zero-order valence-corrected chi connectivity index (χ0v) is 12.0. The Morgan fingerprint density at radius 3 is 3.00 bits per heavy atom. The van der Waals surface area contributed by atoms with Gasteiger partial charge < -0.3 is 14.9 Å². The molecule has 7 nitrogen and oxygen atoms in total. The lowest BCUT2D eigenvalue weighted by atomic mass is 10.3. The normalized spacial score (nSPS) is 10.9. The molecule has 3 N–H and O–H groups in total. The summed E-state index contributed by atoms with van der Waals surface area (Å²) >= 11 is 3.38. The van der Waals surface area contributed by atoms with Gasteiger partial charge in [0.15, 0.2) is 0 Å². The molecule has 0 spiro atoms. The van der Waals surface area contributed by atoms with Gasteiger partial charge in [-0.3, -0.25) is 14.7 Å². The fourth-order valence-electron chi connectivity index (χ4n) is 1.93.